The molecule has 0 aliphatic carbocycles. The molecule has 2 atom stereocenters. The van der Waals surface area contributed by atoms with Crippen LogP contribution in [0.5, 0.6) is 0 Å². The van der Waals surface area contributed by atoms with E-state index in [1.54, 1.807) is 13.0 Å². The zero-order chi connectivity index (χ0) is 20.4. The highest BCUT2D eigenvalue weighted by atomic mass is 16.2. The highest BCUT2D eigenvalue weighted by molar-refractivity contribution is 6.10. The SMILES string of the molecule is C=C1c2ccccc2C(=O)N1[C@H](C)C(=O)NC[C@H](c1ccccc1)N1CCCC1. The van der Waals surface area contributed by atoms with E-state index in [-0.39, 0.29) is 17.9 Å². The van der Waals surface area contributed by atoms with Gasteiger partial charge in [0, 0.05) is 23.4 Å². The molecule has 2 aliphatic heterocycles. The number of carbonyl (C=O) groups excluding carboxylic acids is 2. The van der Waals surface area contributed by atoms with Crippen molar-refractivity contribution in [3.8, 4) is 0 Å². The quantitative estimate of drug-likeness (QED) is 0.823. The third kappa shape index (κ3) is 3.70. The van der Waals surface area contributed by atoms with Gasteiger partial charge in [-0.1, -0.05) is 55.1 Å². The minimum absolute atomic E-state index is 0.143. The Balaban J connectivity index is 1.46. The fourth-order valence-corrected chi connectivity index (χ4v) is 4.36. The summed E-state index contributed by atoms with van der Waals surface area (Å²) in [6.07, 6.45) is 2.38. The lowest BCUT2D eigenvalue weighted by molar-refractivity contribution is -0.124. The van der Waals surface area contributed by atoms with Gasteiger partial charge >= 0.3 is 0 Å². The van der Waals surface area contributed by atoms with E-state index in [2.05, 4.69) is 28.9 Å². The molecule has 4 rings (SSSR count). The van der Waals surface area contributed by atoms with Crippen molar-refractivity contribution in [1.82, 2.24) is 15.1 Å². The normalized spacial score (nSPS) is 18.6. The van der Waals surface area contributed by atoms with Crippen LogP contribution in [-0.4, -0.2) is 47.3 Å². The number of rotatable bonds is 6. The molecule has 2 amide bonds. The van der Waals surface area contributed by atoms with Gasteiger partial charge in [0.15, 0.2) is 0 Å². The van der Waals surface area contributed by atoms with E-state index in [0.717, 1.165) is 18.7 Å². The average molecular weight is 389 g/mol. The first-order chi connectivity index (χ1) is 14.1. The van der Waals surface area contributed by atoms with E-state index in [1.807, 2.05) is 36.4 Å². The lowest BCUT2D eigenvalue weighted by Gasteiger charge is -2.30. The van der Waals surface area contributed by atoms with E-state index in [4.69, 9.17) is 0 Å². The first kappa shape index (κ1) is 19.4. The molecular formula is C24H27N3O2. The summed E-state index contributed by atoms with van der Waals surface area (Å²) in [5.74, 6) is -0.320. The van der Waals surface area contributed by atoms with Crippen molar-refractivity contribution in [3.05, 3.63) is 77.9 Å². The fourth-order valence-electron chi connectivity index (χ4n) is 4.36. The Labute approximate surface area is 172 Å². The van der Waals surface area contributed by atoms with Crippen LogP contribution in [0.2, 0.25) is 0 Å². The van der Waals surface area contributed by atoms with E-state index >= 15 is 0 Å². The minimum atomic E-state index is -0.614. The average Bonchev–Trinajstić information content (AvgIpc) is 3.36. The van der Waals surface area contributed by atoms with Crippen molar-refractivity contribution in [3.63, 3.8) is 0 Å². The predicted octanol–water partition coefficient (Wildman–Crippen LogP) is 3.45. The Bertz CT molecular complexity index is 884. The maximum absolute atomic E-state index is 13.0. The van der Waals surface area contributed by atoms with Gasteiger partial charge in [0.05, 0.1) is 6.04 Å². The molecule has 5 heteroatoms. The van der Waals surface area contributed by atoms with Crippen molar-refractivity contribution in [2.45, 2.75) is 31.8 Å². The largest absolute Gasteiger partial charge is 0.352 e. The number of carbonyl (C=O) groups is 2. The topological polar surface area (TPSA) is 52.7 Å². The molecule has 2 aromatic rings. The molecule has 5 nitrogen and oxygen atoms in total. The molecule has 29 heavy (non-hydrogen) atoms. The Morgan fingerprint density at radius 1 is 1.03 bits per heavy atom. The number of likely N-dealkylation sites (tertiary alicyclic amines) is 1. The molecular weight excluding hydrogens is 362 g/mol. The summed E-state index contributed by atoms with van der Waals surface area (Å²) in [4.78, 5) is 29.7. The van der Waals surface area contributed by atoms with E-state index in [1.165, 1.54) is 23.3 Å². The zero-order valence-corrected chi connectivity index (χ0v) is 16.8. The number of nitrogens with zero attached hydrogens (tertiary/aromatic N) is 2. The monoisotopic (exact) mass is 389 g/mol. The van der Waals surface area contributed by atoms with Gasteiger partial charge in [-0.15, -0.1) is 0 Å². The fraction of sp³-hybridized carbons (Fsp3) is 0.333. The van der Waals surface area contributed by atoms with Crippen LogP contribution in [0.3, 0.4) is 0 Å². The highest BCUT2D eigenvalue weighted by Gasteiger charge is 2.37. The van der Waals surface area contributed by atoms with E-state index in [0.29, 0.717) is 17.8 Å². The summed E-state index contributed by atoms with van der Waals surface area (Å²) in [7, 11) is 0. The summed E-state index contributed by atoms with van der Waals surface area (Å²) in [6.45, 7) is 8.42. The van der Waals surface area contributed by atoms with Crippen LogP contribution < -0.4 is 5.32 Å². The van der Waals surface area contributed by atoms with Crippen LogP contribution in [0, 0.1) is 0 Å². The Morgan fingerprint density at radius 3 is 2.31 bits per heavy atom. The summed E-state index contributed by atoms with van der Waals surface area (Å²) < 4.78 is 0. The van der Waals surface area contributed by atoms with Crippen LogP contribution in [0.25, 0.3) is 5.70 Å². The van der Waals surface area contributed by atoms with Crippen LogP contribution in [0.1, 0.15) is 47.3 Å². The molecule has 0 bridgehead atoms. The van der Waals surface area contributed by atoms with Gasteiger partial charge in [0.1, 0.15) is 6.04 Å². The summed E-state index contributed by atoms with van der Waals surface area (Å²) in [6, 6.07) is 17.2. The maximum atomic E-state index is 13.0. The third-order valence-corrected chi connectivity index (χ3v) is 5.98. The minimum Gasteiger partial charge on any atom is -0.352 e. The van der Waals surface area contributed by atoms with Crippen LogP contribution in [-0.2, 0) is 4.79 Å². The first-order valence-corrected chi connectivity index (χ1v) is 10.3. The maximum Gasteiger partial charge on any atom is 0.259 e. The van der Waals surface area contributed by atoms with Crippen molar-refractivity contribution in [2.24, 2.45) is 0 Å². The molecule has 0 aromatic heterocycles. The second-order valence-electron chi connectivity index (χ2n) is 7.76. The number of benzene rings is 2. The van der Waals surface area contributed by atoms with Crippen LogP contribution in [0.15, 0.2) is 61.2 Å². The smallest absolute Gasteiger partial charge is 0.259 e. The number of hydrogen-bond acceptors (Lipinski definition) is 3. The van der Waals surface area contributed by atoms with Gasteiger partial charge in [0.25, 0.3) is 5.91 Å². The molecule has 0 unspecified atom stereocenters. The molecule has 1 N–H and O–H groups in total. The molecule has 1 saturated heterocycles. The second kappa shape index (κ2) is 8.21. The highest BCUT2D eigenvalue weighted by Crippen LogP contribution is 2.33. The van der Waals surface area contributed by atoms with Gasteiger partial charge in [-0.2, -0.15) is 0 Å². The number of nitrogens with one attached hydrogen (secondary N) is 1. The molecule has 2 aromatic carbocycles. The molecule has 2 aliphatic rings. The molecule has 0 spiro atoms. The lowest BCUT2D eigenvalue weighted by atomic mass is 10.1. The van der Waals surface area contributed by atoms with Gasteiger partial charge in [-0.25, -0.2) is 0 Å². The molecule has 150 valence electrons. The van der Waals surface area contributed by atoms with Crippen LogP contribution >= 0.6 is 0 Å². The zero-order valence-electron chi connectivity index (χ0n) is 16.8. The van der Waals surface area contributed by atoms with Gasteiger partial charge in [0.2, 0.25) is 5.91 Å². The molecule has 2 heterocycles. The predicted molar refractivity (Wildman–Crippen MR) is 114 cm³/mol. The summed E-state index contributed by atoms with van der Waals surface area (Å²) >= 11 is 0. The molecule has 0 radical (unpaired) electrons. The van der Waals surface area contributed by atoms with E-state index < -0.39 is 6.04 Å². The standard InChI is InChI=1S/C24H27N3O2/c1-17-20-12-6-7-13-21(20)24(29)27(17)18(2)23(28)25-16-22(26-14-8-9-15-26)19-10-4-3-5-11-19/h3-7,10-13,18,22H,1,8-9,14-16H2,2H3,(H,25,28)/t18-,22-/m1/s1. The van der Waals surface area contributed by atoms with Crippen molar-refractivity contribution < 1.29 is 9.59 Å². The van der Waals surface area contributed by atoms with Gasteiger partial charge in [-0.3, -0.25) is 19.4 Å². The van der Waals surface area contributed by atoms with Crippen molar-refractivity contribution in [1.29, 1.82) is 0 Å². The Morgan fingerprint density at radius 2 is 1.66 bits per heavy atom. The summed E-state index contributed by atoms with van der Waals surface area (Å²) in [5, 5.41) is 3.09. The first-order valence-electron chi connectivity index (χ1n) is 10.3. The lowest BCUT2D eigenvalue weighted by Crippen LogP contribution is -2.47. The van der Waals surface area contributed by atoms with E-state index in [9.17, 15) is 9.59 Å². The van der Waals surface area contributed by atoms with Crippen LogP contribution in [0.4, 0.5) is 0 Å². The second-order valence-corrected chi connectivity index (χ2v) is 7.76. The third-order valence-electron chi connectivity index (χ3n) is 5.98. The summed E-state index contributed by atoms with van der Waals surface area (Å²) in [5.41, 5.74) is 3.21. The Hall–Kier alpha value is -2.92. The molecule has 0 saturated carbocycles. The van der Waals surface area contributed by atoms with Crippen molar-refractivity contribution in [2.75, 3.05) is 19.6 Å². The Kier molecular flexibility index (Phi) is 5.49. The number of amides is 2. The van der Waals surface area contributed by atoms with Crippen molar-refractivity contribution >= 4 is 17.5 Å². The van der Waals surface area contributed by atoms with Gasteiger partial charge in [-0.05, 0) is 44.5 Å². The molecule has 1 fully saturated rings. The van der Waals surface area contributed by atoms with Gasteiger partial charge < -0.3 is 5.32 Å². The number of fused-ring (bicyclic) bond motifs is 1. The number of hydrogen-bond donors (Lipinski definition) is 1.